The minimum Gasteiger partial charge on any atom is -0.494 e. The lowest BCUT2D eigenvalue weighted by Crippen LogP contribution is -2.67. The van der Waals surface area contributed by atoms with Crippen LogP contribution in [0.1, 0.15) is 144 Å². The van der Waals surface area contributed by atoms with Gasteiger partial charge < -0.3 is 89.0 Å². The number of primary amides is 1. The van der Waals surface area contributed by atoms with Crippen LogP contribution in [0.25, 0.3) is 21.6 Å². The molecule has 4 aromatic carbocycles. The van der Waals surface area contributed by atoms with Gasteiger partial charge in [-0.3, -0.25) is 57.5 Å². The summed E-state index contributed by atoms with van der Waals surface area (Å²) in [6.45, 7) is 10.4. The Labute approximate surface area is 669 Å². The molecule has 2 heterocycles. The number of nitrogens with zero attached hydrogens (tertiary/aromatic N) is 7. The molecule has 6 aromatic rings. The van der Waals surface area contributed by atoms with E-state index in [1.807, 2.05) is 57.2 Å². The number of carboxylic acids is 1. The number of rotatable bonds is 49. The zero-order chi connectivity index (χ0) is 85.2. The second-order valence-corrected chi connectivity index (χ2v) is 29.0. The van der Waals surface area contributed by atoms with Crippen LogP contribution in [0.15, 0.2) is 103 Å². The zero-order valence-corrected chi connectivity index (χ0v) is 66.1. The SMILES string of the molecule is CCc1cc(OCCCCN=[N+]=[N-])ccc1-c1ccc(CC(NC(=O)[C@H](CC(=O)O)NC(=O)[C@H](CO)NC(=O)[C@@H](NC(=O)[C@](C)(Cc2ccccc2F)NC(=O)[C@@H](NC(=O)CNC(=O)[C@H](Cc2nn[nH]n2)NC(=O)C(C)(C)NC(=O)CCCCCc2c[nH]cn2)[C@@H](C)O)[C@@H](C)O)C(=O)N[C@@H](CCCc2cc(C)cc(C)c2)C(N)=O)cc1. The van der Waals surface area contributed by atoms with E-state index in [-0.39, 0.29) is 37.1 Å². The van der Waals surface area contributed by atoms with E-state index in [4.69, 9.17) is 16.0 Å². The van der Waals surface area contributed by atoms with Crippen LogP contribution in [-0.2, 0) is 96.1 Å². The number of unbranched alkanes of at least 4 members (excludes halogenated alkanes) is 3. The third-order valence-corrected chi connectivity index (χ3v) is 18.8. The van der Waals surface area contributed by atoms with Crippen LogP contribution in [0.4, 0.5) is 4.39 Å². The number of carbonyl (C=O) groups is 12. The number of aliphatic carboxylic acids is 1. The van der Waals surface area contributed by atoms with E-state index in [0.717, 1.165) is 72.3 Å². The monoisotopic (exact) mass is 1610 g/mol. The Morgan fingerprint density at radius 3 is 1.95 bits per heavy atom. The Balaban J connectivity index is 1.15. The maximum atomic E-state index is 15.6. The van der Waals surface area contributed by atoms with Crippen LogP contribution in [0, 0.1) is 19.7 Å². The number of carbonyl (C=O) groups excluding carboxylic acids is 11. The van der Waals surface area contributed by atoms with E-state index < -0.39 is 168 Å². The summed E-state index contributed by atoms with van der Waals surface area (Å²) in [6, 6.07) is 10.9. The normalized spacial score (nSPS) is 14.1. The molecule has 626 valence electrons. The molecule has 0 bridgehead atoms. The third kappa shape index (κ3) is 29.9. The molecule has 2 aromatic heterocycles. The van der Waals surface area contributed by atoms with E-state index in [2.05, 4.69) is 93.8 Å². The van der Waals surface area contributed by atoms with Gasteiger partial charge in [0.15, 0.2) is 5.82 Å². The molecule has 0 spiro atoms. The lowest BCUT2D eigenvalue weighted by molar-refractivity contribution is -0.142. The molecule has 0 fully saturated rings. The minimum absolute atomic E-state index is 0.0448. The summed E-state index contributed by atoms with van der Waals surface area (Å²) in [6.07, 6.45) is 2.77. The van der Waals surface area contributed by atoms with Crippen LogP contribution in [0.3, 0.4) is 0 Å². The summed E-state index contributed by atoms with van der Waals surface area (Å²) in [7, 11) is 0. The van der Waals surface area contributed by atoms with E-state index in [0.29, 0.717) is 75.8 Å². The number of H-pyrrole nitrogens is 2. The first-order chi connectivity index (χ1) is 55.1. The quantitative estimate of drug-likeness (QED) is 0.0110. The number of hydrogen-bond acceptors (Lipinski definition) is 21. The first-order valence-electron chi connectivity index (χ1n) is 38.0. The third-order valence-electron chi connectivity index (χ3n) is 18.8. The van der Waals surface area contributed by atoms with Gasteiger partial charge in [0.05, 0.1) is 50.4 Å². The molecular formula is C78H105FN20O17. The number of aromatic nitrogens is 6. The number of nitrogens with one attached hydrogen (secondary N) is 12. The highest BCUT2D eigenvalue weighted by Gasteiger charge is 2.43. The number of aliphatic hydroxyl groups is 3. The first-order valence-corrected chi connectivity index (χ1v) is 38.0. The van der Waals surface area contributed by atoms with Gasteiger partial charge in [-0.25, -0.2) is 9.37 Å². The molecule has 38 heteroatoms. The van der Waals surface area contributed by atoms with Crippen molar-refractivity contribution in [2.45, 2.75) is 217 Å². The fourth-order valence-electron chi connectivity index (χ4n) is 12.5. The van der Waals surface area contributed by atoms with E-state index >= 15 is 4.39 Å². The van der Waals surface area contributed by atoms with Crippen molar-refractivity contribution >= 4 is 70.9 Å². The molecule has 6 rings (SSSR count). The second kappa shape index (κ2) is 45.6. The molecule has 18 N–H and O–H groups in total. The van der Waals surface area contributed by atoms with Crippen molar-refractivity contribution in [2.75, 3.05) is 26.3 Å². The highest BCUT2D eigenvalue weighted by molar-refractivity contribution is 6.00. The van der Waals surface area contributed by atoms with E-state index in [9.17, 15) is 78.0 Å². The Morgan fingerprint density at radius 2 is 1.32 bits per heavy atom. The summed E-state index contributed by atoms with van der Waals surface area (Å²) in [5, 5.41) is 83.6. The molecule has 1 unspecified atom stereocenters. The molecule has 0 aliphatic carbocycles. The summed E-state index contributed by atoms with van der Waals surface area (Å²) < 4.78 is 21.5. The average Bonchev–Trinajstić information content (AvgIpc) is 1.05. The van der Waals surface area contributed by atoms with E-state index in [1.54, 1.807) is 36.8 Å². The smallest absolute Gasteiger partial charge is 0.305 e. The minimum atomic E-state index is -2.40. The zero-order valence-electron chi connectivity index (χ0n) is 66.1. The highest BCUT2D eigenvalue weighted by atomic mass is 19.1. The van der Waals surface area contributed by atoms with Crippen LogP contribution < -0.4 is 63.6 Å². The average molecular weight is 1610 g/mol. The molecular weight excluding hydrogens is 1510 g/mol. The maximum absolute atomic E-state index is 15.6. The number of amides is 11. The number of benzene rings is 4. The number of aryl methyl sites for hydroxylation is 5. The largest absolute Gasteiger partial charge is 0.494 e. The Hall–Kier alpha value is -12.3. The fourth-order valence-corrected chi connectivity index (χ4v) is 12.5. The van der Waals surface area contributed by atoms with Gasteiger partial charge in [-0.1, -0.05) is 102 Å². The van der Waals surface area contributed by atoms with Crippen LogP contribution in [0.2, 0.25) is 0 Å². The van der Waals surface area contributed by atoms with Crippen molar-refractivity contribution in [3.8, 4) is 16.9 Å². The molecule has 10 atom stereocenters. The fraction of sp³-hybridized carbons (Fsp3) is 0.487. The van der Waals surface area contributed by atoms with Crippen LogP contribution >= 0.6 is 0 Å². The maximum Gasteiger partial charge on any atom is 0.305 e. The summed E-state index contributed by atoms with van der Waals surface area (Å²) in [5.74, 6) is -13.9. The standard InChI is InChI=1S/C78H105FN20O17/c1-9-50-36-54(116-31-16-15-30-85-97-81)28-29-55(50)51-26-24-48(25-27-51)35-58(70(109)86-57(68(80)107)22-17-18-49-33-44(2)32-45(3)34-49)87-71(110)60(38-65(105)106)88-72(111)61(42-100)89-73(112)66(46(4)101)92-76(115)78(8,39-52-19-13-14-21-56(52)79)94-74(113)67(47(5)102)91-64(104)41-83-69(108)59(37-62-95-98-99-96-62)90-75(114)77(6,7)93-63(103)23-12-10-11-20-53-40-82-43-84-53/h13-14,19,21,24-29,32-34,36,40,43,46-47,57-61,66-67,100-102H,9-12,15-18,20,22-23,30-31,35,37-39,41-42H2,1-8H3,(H2,80,107)(H,82,84)(H,83,108)(H,86,109)(H,87,110)(H,88,111)(H,89,112)(H,90,114)(H,91,104)(H,92,115)(H,93,103)(H,94,113)(H,105,106)(H,95,96,98,99)/t46-,47-,57+,58?,59+,60+,61+,66+,67+,78+/m1/s1. The van der Waals surface area contributed by atoms with Crippen LogP contribution in [-0.4, -0.2) is 214 Å². The molecule has 0 saturated carbocycles. The number of tetrazole rings is 1. The van der Waals surface area contributed by atoms with Gasteiger partial charge in [-0.15, -0.1) is 10.2 Å². The number of imidazole rings is 1. The van der Waals surface area contributed by atoms with Gasteiger partial charge in [0, 0.05) is 43.3 Å². The number of azide groups is 1. The molecule has 0 aliphatic heterocycles. The summed E-state index contributed by atoms with van der Waals surface area (Å²) in [4.78, 5) is 176. The Kier molecular flexibility index (Phi) is 36.4. The van der Waals surface area contributed by atoms with Crippen LogP contribution in [0.5, 0.6) is 5.75 Å². The summed E-state index contributed by atoms with van der Waals surface area (Å²) in [5.41, 5.74) is 17.2. The lowest BCUT2D eigenvalue weighted by Gasteiger charge is -2.34. The predicted octanol–water partition coefficient (Wildman–Crippen LogP) is 1.22. The molecule has 0 aliphatic rings. The highest BCUT2D eigenvalue weighted by Crippen LogP contribution is 2.29. The Morgan fingerprint density at radius 1 is 0.664 bits per heavy atom. The number of hydrogen-bond donors (Lipinski definition) is 17. The molecule has 37 nitrogen and oxygen atoms in total. The van der Waals surface area contributed by atoms with Gasteiger partial charge >= 0.3 is 5.97 Å². The van der Waals surface area contributed by atoms with Crippen molar-refractivity contribution in [1.82, 2.24) is 83.8 Å². The van der Waals surface area contributed by atoms with Crippen molar-refractivity contribution < 1.29 is 87.1 Å². The van der Waals surface area contributed by atoms with Gasteiger partial charge in [-0.05, 0) is 163 Å². The van der Waals surface area contributed by atoms with E-state index in [1.165, 1.54) is 32.0 Å². The molecule has 0 radical (unpaired) electrons. The number of carboxylic acid groups (broad SMARTS) is 1. The molecule has 11 amide bonds. The lowest BCUT2D eigenvalue weighted by atomic mass is 9.90. The van der Waals surface area contributed by atoms with Crippen molar-refractivity contribution in [3.05, 3.63) is 159 Å². The van der Waals surface area contributed by atoms with Gasteiger partial charge in [-0.2, -0.15) is 5.21 Å². The van der Waals surface area contributed by atoms with Gasteiger partial charge in [0.25, 0.3) is 0 Å². The second-order valence-electron chi connectivity index (χ2n) is 29.0. The molecule has 116 heavy (non-hydrogen) atoms. The number of ether oxygens (including phenoxy) is 1. The number of nitrogens with two attached hydrogens (primary N) is 1. The van der Waals surface area contributed by atoms with Crippen molar-refractivity contribution in [1.29, 1.82) is 0 Å². The summed E-state index contributed by atoms with van der Waals surface area (Å²) >= 11 is 0. The topological polar surface area (TPSA) is 573 Å². The first kappa shape index (κ1) is 92.6. The van der Waals surface area contributed by atoms with Crippen molar-refractivity contribution in [2.24, 2.45) is 10.8 Å². The van der Waals surface area contributed by atoms with Crippen molar-refractivity contribution in [3.63, 3.8) is 0 Å². The number of aromatic amines is 2. The van der Waals surface area contributed by atoms with Gasteiger partial charge in [0.1, 0.15) is 64.9 Å². The Bertz CT molecular complexity index is 4370. The number of aliphatic hydroxyl groups excluding tert-OH is 3. The predicted molar refractivity (Wildman–Crippen MR) is 418 cm³/mol. The molecule has 0 saturated heterocycles. The number of halogens is 1. The van der Waals surface area contributed by atoms with Gasteiger partial charge in [0.2, 0.25) is 65.0 Å².